The molecule has 0 amide bonds. The molecule has 0 heterocycles. The predicted molar refractivity (Wildman–Crippen MR) is 88.8 cm³/mol. The van der Waals surface area contributed by atoms with Gasteiger partial charge in [-0.05, 0) is 80.0 Å². The monoisotopic (exact) mass is 318 g/mol. The van der Waals surface area contributed by atoms with E-state index in [1.54, 1.807) is 0 Å². The van der Waals surface area contributed by atoms with Crippen molar-refractivity contribution in [1.82, 2.24) is 0 Å². The maximum absolute atomic E-state index is 11.7. The molecule has 0 saturated heterocycles. The number of rotatable bonds is 1. The van der Waals surface area contributed by atoms with E-state index in [1.807, 2.05) is 0 Å². The summed E-state index contributed by atoms with van der Waals surface area (Å²) >= 11 is 0. The lowest BCUT2D eigenvalue weighted by Crippen LogP contribution is -2.51. The van der Waals surface area contributed by atoms with Gasteiger partial charge in [0.2, 0.25) is 0 Å². The fourth-order valence-corrected chi connectivity index (χ4v) is 7.05. The van der Waals surface area contributed by atoms with Crippen molar-refractivity contribution >= 4 is 5.97 Å². The second-order valence-electron chi connectivity index (χ2n) is 9.17. The van der Waals surface area contributed by atoms with E-state index in [4.69, 9.17) is 0 Å². The number of aliphatic carboxylic acids is 1. The molecule has 23 heavy (non-hydrogen) atoms. The van der Waals surface area contributed by atoms with E-state index in [9.17, 15) is 15.0 Å². The van der Waals surface area contributed by atoms with Crippen LogP contribution >= 0.6 is 0 Å². The van der Waals surface area contributed by atoms with Crippen LogP contribution in [0.4, 0.5) is 0 Å². The molecule has 3 heteroatoms. The normalized spacial score (nSPS) is 52.1. The number of carbonyl (C=O) groups is 1. The van der Waals surface area contributed by atoms with Gasteiger partial charge < -0.3 is 10.2 Å². The molecular formula is C20H30O3. The Hall–Kier alpha value is -0.830. The smallest absolute Gasteiger partial charge is 0.307 e. The third-order valence-electron chi connectivity index (χ3n) is 8.38. The largest absolute Gasteiger partial charge is 0.481 e. The zero-order valence-corrected chi connectivity index (χ0v) is 14.4. The third-order valence-corrected chi connectivity index (χ3v) is 8.38. The molecule has 0 aliphatic heterocycles. The molecule has 4 aliphatic carbocycles. The molecule has 2 N–H and O–H groups in total. The SMILES string of the molecule is C[C@@]12CC[C@H]3[C@H](CC=C4C[C@@H](O)CC[C@@]43C)[C@@H]1CC[C@@H]2C(=O)O. The van der Waals surface area contributed by atoms with Crippen molar-refractivity contribution in [2.45, 2.75) is 71.3 Å². The first-order valence-electron chi connectivity index (χ1n) is 9.46. The minimum absolute atomic E-state index is 0.00286. The molecule has 0 aromatic heterocycles. The summed E-state index contributed by atoms with van der Waals surface area (Å²) in [5.74, 6) is 1.21. The van der Waals surface area contributed by atoms with E-state index in [0.29, 0.717) is 17.8 Å². The van der Waals surface area contributed by atoms with E-state index in [-0.39, 0.29) is 22.9 Å². The van der Waals surface area contributed by atoms with Crippen LogP contribution in [0.1, 0.15) is 65.2 Å². The van der Waals surface area contributed by atoms with E-state index in [0.717, 1.165) is 44.9 Å². The number of aliphatic hydroxyl groups excluding tert-OH is 1. The van der Waals surface area contributed by atoms with Gasteiger partial charge in [-0.2, -0.15) is 0 Å². The van der Waals surface area contributed by atoms with E-state index < -0.39 is 5.97 Å². The Kier molecular flexibility index (Phi) is 3.46. The quantitative estimate of drug-likeness (QED) is 0.718. The number of carboxylic acid groups (broad SMARTS) is 1. The highest BCUT2D eigenvalue weighted by Crippen LogP contribution is 2.66. The molecular weight excluding hydrogens is 288 g/mol. The predicted octanol–water partition coefficient (Wildman–Crippen LogP) is 4.01. The molecule has 128 valence electrons. The first-order chi connectivity index (χ1) is 10.9. The topological polar surface area (TPSA) is 57.5 Å². The van der Waals surface area contributed by atoms with Crippen LogP contribution in [0.2, 0.25) is 0 Å². The molecule has 4 rings (SSSR count). The Balaban J connectivity index is 1.66. The van der Waals surface area contributed by atoms with Gasteiger partial charge in [0.1, 0.15) is 0 Å². The van der Waals surface area contributed by atoms with Crippen molar-refractivity contribution in [3.8, 4) is 0 Å². The maximum Gasteiger partial charge on any atom is 0.307 e. The fraction of sp³-hybridized carbons (Fsp3) is 0.850. The van der Waals surface area contributed by atoms with Gasteiger partial charge in [-0.1, -0.05) is 25.5 Å². The highest BCUT2D eigenvalue weighted by Gasteiger charge is 2.59. The molecule has 0 bridgehead atoms. The summed E-state index contributed by atoms with van der Waals surface area (Å²) in [6.45, 7) is 4.68. The van der Waals surface area contributed by atoms with Crippen LogP contribution in [0.25, 0.3) is 0 Å². The van der Waals surface area contributed by atoms with E-state index in [1.165, 1.54) is 12.0 Å². The third kappa shape index (κ3) is 2.08. The summed E-state index contributed by atoms with van der Waals surface area (Å²) in [4.78, 5) is 11.7. The lowest BCUT2D eigenvalue weighted by atomic mass is 9.47. The number of hydrogen-bond acceptors (Lipinski definition) is 2. The minimum atomic E-state index is -0.576. The zero-order chi connectivity index (χ0) is 16.4. The van der Waals surface area contributed by atoms with Crippen molar-refractivity contribution in [2.24, 2.45) is 34.5 Å². The Morgan fingerprint density at radius 2 is 1.91 bits per heavy atom. The van der Waals surface area contributed by atoms with Crippen LogP contribution in [0, 0.1) is 34.5 Å². The minimum Gasteiger partial charge on any atom is -0.481 e. The standard InChI is InChI=1S/C20H30O3/c1-19-9-7-13(21)11-12(19)3-4-14-15-5-6-17(18(22)23)20(15,2)10-8-16(14)19/h3,13-17,21H,4-11H2,1-2H3,(H,22,23)/t13-,14+,15-,16-,17+,19-,20+/m0/s1. The summed E-state index contributed by atoms with van der Waals surface area (Å²) in [5.41, 5.74) is 1.75. The van der Waals surface area contributed by atoms with Gasteiger partial charge in [0.15, 0.2) is 0 Å². The van der Waals surface area contributed by atoms with Gasteiger partial charge in [0, 0.05) is 0 Å². The first-order valence-corrected chi connectivity index (χ1v) is 9.46. The first kappa shape index (κ1) is 15.7. The molecule has 0 radical (unpaired) electrons. The highest BCUT2D eigenvalue weighted by atomic mass is 16.4. The summed E-state index contributed by atoms with van der Waals surface area (Å²) in [5, 5.41) is 19.7. The number of allylic oxidation sites excluding steroid dienone is 1. The van der Waals surface area contributed by atoms with Gasteiger partial charge in [0.25, 0.3) is 0 Å². The van der Waals surface area contributed by atoms with Crippen molar-refractivity contribution in [2.75, 3.05) is 0 Å². The average Bonchev–Trinajstić information content (AvgIpc) is 2.85. The summed E-state index contributed by atoms with van der Waals surface area (Å²) in [7, 11) is 0. The van der Waals surface area contributed by atoms with Crippen LogP contribution in [-0.2, 0) is 4.79 Å². The van der Waals surface area contributed by atoms with Crippen LogP contribution in [-0.4, -0.2) is 22.3 Å². The van der Waals surface area contributed by atoms with Crippen molar-refractivity contribution in [3.05, 3.63) is 11.6 Å². The van der Waals surface area contributed by atoms with Crippen LogP contribution in [0.15, 0.2) is 11.6 Å². The summed E-state index contributed by atoms with van der Waals surface area (Å²) < 4.78 is 0. The molecule has 7 atom stereocenters. The maximum atomic E-state index is 11.7. The Bertz CT molecular complexity index is 553. The van der Waals surface area contributed by atoms with Gasteiger partial charge >= 0.3 is 5.97 Å². The van der Waals surface area contributed by atoms with E-state index in [2.05, 4.69) is 19.9 Å². The van der Waals surface area contributed by atoms with Crippen molar-refractivity contribution in [1.29, 1.82) is 0 Å². The summed E-state index contributed by atoms with van der Waals surface area (Å²) in [6.07, 6.45) is 10.5. The molecule has 0 aromatic carbocycles. The number of hydrogen-bond donors (Lipinski definition) is 2. The van der Waals surface area contributed by atoms with Gasteiger partial charge in [-0.25, -0.2) is 0 Å². The highest BCUT2D eigenvalue weighted by molar-refractivity contribution is 5.71. The lowest BCUT2D eigenvalue weighted by Gasteiger charge is -2.57. The summed E-state index contributed by atoms with van der Waals surface area (Å²) in [6, 6.07) is 0. The van der Waals surface area contributed by atoms with Crippen molar-refractivity contribution < 1.29 is 15.0 Å². The molecule has 3 nitrogen and oxygen atoms in total. The van der Waals surface area contributed by atoms with Crippen molar-refractivity contribution in [3.63, 3.8) is 0 Å². The lowest BCUT2D eigenvalue weighted by molar-refractivity contribution is -0.148. The zero-order valence-electron chi connectivity index (χ0n) is 14.4. The molecule has 0 aromatic rings. The molecule has 3 saturated carbocycles. The number of fused-ring (bicyclic) bond motifs is 5. The molecule has 0 unspecified atom stereocenters. The van der Waals surface area contributed by atoms with Crippen LogP contribution in [0.5, 0.6) is 0 Å². The second-order valence-corrected chi connectivity index (χ2v) is 9.17. The average molecular weight is 318 g/mol. The van der Waals surface area contributed by atoms with E-state index >= 15 is 0 Å². The Morgan fingerprint density at radius 1 is 1.13 bits per heavy atom. The second kappa shape index (κ2) is 5.08. The number of carboxylic acids is 1. The molecule has 4 aliphatic rings. The van der Waals surface area contributed by atoms with Gasteiger partial charge in [-0.15, -0.1) is 0 Å². The Morgan fingerprint density at radius 3 is 2.65 bits per heavy atom. The molecule has 3 fully saturated rings. The van der Waals surface area contributed by atoms with Crippen LogP contribution < -0.4 is 0 Å². The fourth-order valence-electron chi connectivity index (χ4n) is 7.05. The Labute approximate surface area is 139 Å². The number of aliphatic hydroxyl groups is 1. The van der Waals surface area contributed by atoms with Gasteiger partial charge in [0.05, 0.1) is 12.0 Å². The van der Waals surface area contributed by atoms with Crippen LogP contribution in [0.3, 0.4) is 0 Å². The molecule has 0 spiro atoms. The van der Waals surface area contributed by atoms with Gasteiger partial charge in [-0.3, -0.25) is 4.79 Å².